The number of benzene rings is 2. The molecule has 1 amide bonds. The minimum atomic E-state index is -0.460. The molecule has 0 atom stereocenters. The van der Waals surface area contributed by atoms with Gasteiger partial charge in [-0.3, -0.25) is 10.2 Å². The maximum absolute atomic E-state index is 12.0. The van der Waals surface area contributed by atoms with E-state index in [4.69, 9.17) is 21.1 Å². The predicted octanol–water partition coefficient (Wildman–Crippen LogP) is 4.67. The molecule has 0 aromatic heterocycles. The van der Waals surface area contributed by atoms with Crippen molar-refractivity contribution in [1.29, 1.82) is 0 Å². The molecule has 28 heavy (non-hydrogen) atoms. The van der Waals surface area contributed by atoms with E-state index < -0.39 is 6.09 Å². The minimum absolute atomic E-state index is 0.214. The molecule has 5 nitrogen and oxygen atoms in total. The van der Waals surface area contributed by atoms with Gasteiger partial charge in [-0.1, -0.05) is 35.9 Å². The summed E-state index contributed by atoms with van der Waals surface area (Å²) in [6.07, 6.45) is 1.89. The van der Waals surface area contributed by atoms with Crippen LogP contribution in [-0.4, -0.2) is 43.3 Å². The van der Waals surface area contributed by atoms with Crippen LogP contribution in [0.3, 0.4) is 0 Å². The van der Waals surface area contributed by atoms with Crippen molar-refractivity contribution in [3.8, 4) is 0 Å². The number of ether oxygens (including phenoxy) is 2. The van der Waals surface area contributed by atoms with Crippen LogP contribution in [0.15, 0.2) is 48.5 Å². The van der Waals surface area contributed by atoms with Gasteiger partial charge in [0.05, 0.1) is 19.3 Å². The second-order valence-electron chi connectivity index (χ2n) is 7.45. The highest BCUT2D eigenvalue weighted by atomic mass is 35.5. The number of rotatable bonds is 5. The second kappa shape index (κ2) is 8.95. The smallest absolute Gasteiger partial charge is 0.411 e. The van der Waals surface area contributed by atoms with E-state index in [1.165, 1.54) is 18.4 Å². The van der Waals surface area contributed by atoms with Gasteiger partial charge in [-0.15, -0.1) is 0 Å². The fourth-order valence-corrected chi connectivity index (χ4v) is 3.88. The highest BCUT2D eigenvalue weighted by Gasteiger charge is 2.29. The maximum atomic E-state index is 12.0. The van der Waals surface area contributed by atoms with Crippen LogP contribution in [0.2, 0.25) is 5.02 Å². The van der Waals surface area contributed by atoms with E-state index in [0.717, 1.165) is 37.6 Å². The quantitative estimate of drug-likeness (QED) is 0.792. The van der Waals surface area contributed by atoms with Gasteiger partial charge in [-0.05, 0) is 67.2 Å². The Hall–Kier alpha value is -2.08. The summed E-state index contributed by atoms with van der Waals surface area (Å²) >= 11 is 5.85. The number of piperidine rings is 1. The van der Waals surface area contributed by atoms with E-state index in [0.29, 0.717) is 17.0 Å². The zero-order valence-electron chi connectivity index (χ0n) is 15.8. The first-order chi connectivity index (χ1) is 13.7. The summed E-state index contributed by atoms with van der Waals surface area (Å²) in [5.41, 5.74) is 2.98. The molecule has 2 saturated heterocycles. The zero-order chi connectivity index (χ0) is 19.3. The Balaban J connectivity index is 1.24. The average Bonchev–Trinajstić information content (AvgIpc) is 2.68. The third-order valence-corrected chi connectivity index (χ3v) is 5.83. The molecule has 1 N–H and O–H groups in total. The van der Waals surface area contributed by atoms with Gasteiger partial charge >= 0.3 is 6.09 Å². The standard InChI is InChI=1S/C22H25ClN2O3/c23-19-5-1-16(2-6-19)13-28-22(26)24-20-7-3-17(4-8-20)18-9-11-25(12-10-18)21-14-27-15-21/h1-8,18,21H,9-15H2,(H,24,26). The van der Waals surface area contributed by atoms with Crippen LogP contribution in [0.4, 0.5) is 10.5 Å². The molecule has 148 valence electrons. The Morgan fingerprint density at radius 3 is 2.36 bits per heavy atom. The van der Waals surface area contributed by atoms with Gasteiger partial charge in [0.15, 0.2) is 0 Å². The van der Waals surface area contributed by atoms with Crippen molar-refractivity contribution in [2.45, 2.75) is 31.4 Å². The van der Waals surface area contributed by atoms with Crippen molar-refractivity contribution in [3.63, 3.8) is 0 Å². The van der Waals surface area contributed by atoms with Crippen LogP contribution >= 0.6 is 11.6 Å². The molecule has 2 heterocycles. The fourth-order valence-electron chi connectivity index (χ4n) is 3.75. The first-order valence-corrected chi connectivity index (χ1v) is 10.1. The van der Waals surface area contributed by atoms with Crippen LogP contribution in [0, 0.1) is 0 Å². The Labute approximate surface area is 170 Å². The van der Waals surface area contributed by atoms with E-state index in [1.807, 2.05) is 24.3 Å². The molecule has 0 saturated carbocycles. The topological polar surface area (TPSA) is 50.8 Å². The maximum Gasteiger partial charge on any atom is 0.411 e. The van der Waals surface area contributed by atoms with Crippen molar-refractivity contribution in [2.75, 3.05) is 31.6 Å². The molecule has 2 aliphatic rings. The van der Waals surface area contributed by atoms with Crippen LogP contribution in [0.5, 0.6) is 0 Å². The molecular formula is C22H25ClN2O3. The first-order valence-electron chi connectivity index (χ1n) is 9.77. The summed E-state index contributed by atoms with van der Waals surface area (Å²) in [5, 5.41) is 3.44. The molecule has 0 bridgehead atoms. The van der Waals surface area contributed by atoms with Gasteiger partial charge in [0.1, 0.15) is 6.61 Å². The largest absolute Gasteiger partial charge is 0.444 e. The van der Waals surface area contributed by atoms with E-state index >= 15 is 0 Å². The zero-order valence-corrected chi connectivity index (χ0v) is 16.5. The molecule has 0 unspecified atom stereocenters. The van der Waals surface area contributed by atoms with Crippen molar-refractivity contribution in [1.82, 2.24) is 4.90 Å². The molecule has 2 fully saturated rings. The van der Waals surface area contributed by atoms with Gasteiger partial charge in [0.25, 0.3) is 0 Å². The predicted molar refractivity (Wildman–Crippen MR) is 110 cm³/mol. The SMILES string of the molecule is O=C(Nc1ccc(C2CCN(C3COC3)CC2)cc1)OCc1ccc(Cl)cc1. The summed E-state index contributed by atoms with van der Waals surface area (Å²) in [4.78, 5) is 14.5. The molecule has 4 rings (SSSR count). The molecule has 0 radical (unpaired) electrons. The lowest BCUT2D eigenvalue weighted by Gasteiger charge is -2.41. The second-order valence-corrected chi connectivity index (χ2v) is 7.89. The number of carbonyl (C=O) groups excluding carboxylic acids is 1. The number of nitrogens with one attached hydrogen (secondary N) is 1. The van der Waals surface area contributed by atoms with Gasteiger partial charge in [0.2, 0.25) is 0 Å². The molecule has 2 aromatic carbocycles. The van der Waals surface area contributed by atoms with Crippen molar-refractivity contribution in [3.05, 3.63) is 64.7 Å². The number of likely N-dealkylation sites (tertiary alicyclic amines) is 1. The lowest BCUT2D eigenvalue weighted by Crippen LogP contribution is -2.51. The highest BCUT2D eigenvalue weighted by Crippen LogP contribution is 2.30. The van der Waals surface area contributed by atoms with Crippen molar-refractivity contribution >= 4 is 23.4 Å². The Bertz CT molecular complexity index is 782. The van der Waals surface area contributed by atoms with Crippen LogP contribution < -0.4 is 5.32 Å². The highest BCUT2D eigenvalue weighted by molar-refractivity contribution is 6.30. The summed E-state index contributed by atoms with van der Waals surface area (Å²) in [7, 11) is 0. The van der Waals surface area contributed by atoms with E-state index in [1.54, 1.807) is 12.1 Å². The van der Waals surface area contributed by atoms with Gasteiger partial charge in [-0.25, -0.2) is 4.79 Å². The molecule has 2 aromatic rings. The monoisotopic (exact) mass is 400 g/mol. The van der Waals surface area contributed by atoms with Crippen molar-refractivity contribution in [2.24, 2.45) is 0 Å². The number of nitrogens with zero attached hydrogens (tertiary/aromatic N) is 1. The molecule has 2 aliphatic heterocycles. The fraction of sp³-hybridized carbons (Fsp3) is 0.409. The number of hydrogen-bond acceptors (Lipinski definition) is 4. The molecule has 0 aliphatic carbocycles. The third kappa shape index (κ3) is 4.85. The normalized spacial score (nSPS) is 18.5. The van der Waals surface area contributed by atoms with Gasteiger partial charge in [-0.2, -0.15) is 0 Å². The summed E-state index contributed by atoms with van der Waals surface area (Å²) < 4.78 is 10.6. The number of anilines is 1. The van der Waals surface area contributed by atoms with Crippen LogP contribution in [0.1, 0.15) is 29.9 Å². The summed E-state index contributed by atoms with van der Waals surface area (Å²) in [6.45, 7) is 4.26. The van der Waals surface area contributed by atoms with Crippen molar-refractivity contribution < 1.29 is 14.3 Å². The van der Waals surface area contributed by atoms with E-state index in [2.05, 4.69) is 22.3 Å². The van der Waals surface area contributed by atoms with Gasteiger partial charge in [0, 0.05) is 10.7 Å². The number of carbonyl (C=O) groups is 1. The lowest BCUT2D eigenvalue weighted by molar-refractivity contribution is -0.0712. The number of halogens is 1. The number of hydrogen-bond donors (Lipinski definition) is 1. The molecule has 6 heteroatoms. The minimum Gasteiger partial charge on any atom is -0.444 e. The van der Waals surface area contributed by atoms with Crippen LogP contribution in [0.25, 0.3) is 0 Å². The molecule has 0 spiro atoms. The molecular weight excluding hydrogens is 376 g/mol. The van der Waals surface area contributed by atoms with E-state index in [9.17, 15) is 4.79 Å². The summed E-state index contributed by atoms with van der Waals surface area (Å²) in [5.74, 6) is 0.586. The number of amides is 1. The van der Waals surface area contributed by atoms with Crippen LogP contribution in [-0.2, 0) is 16.1 Å². The van der Waals surface area contributed by atoms with E-state index in [-0.39, 0.29) is 6.61 Å². The summed E-state index contributed by atoms with van der Waals surface area (Å²) in [6, 6.07) is 16.0. The Morgan fingerprint density at radius 2 is 1.75 bits per heavy atom. The van der Waals surface area contributed by atoms with Gasteiger partial charge < -0.3 is 9.47 Å². The Morgan fingerprint density at radius 1 is 1.07 bits per heavy atom. The lowest BCUT2D eigenvalue weighted by atomic mass is 9.88. The third-order valence-electron chi connectivity index (χ3n) is 5.58. The first kappa shape index (κ1) is 19.2. The Kier molecular flexibility index (Phi) is 6.15. The average molecular weight is 401 g/mol.